The summed E-state index contributed by atoms with van der Waals surface area (Å²) in [5.41, 5.74) is 2.47. The Morgan fingerprint density at radius 2 is 2.07 bits per heavy atom. The maximum absolute atomic E-state index is 12.5. The van der Waals surface area contributed by atoms with Gasteiger partial charge < -0.3 is 19.7 Å². The van der Waals surface area contributed by atoms with Crippen molar-refractivity contribution in [2.75, 3.05) is 39.3 Å². The van der Waals surface area contributed by atoms with Gasteiger partial charge in [0.15, 0.2) is 0 Å². The summed E-state index contributed by atoms with van der Waals surface area (Å²) >= 11 is -2.83. The number of piperidine rings is 2. The lowest BCUT2D eigenvalue weighted by atomic mass is 10.0. The van der Waals surface area contributed by atoms with Crippen LogP contribution in [0.25, 0.3) is 0 Å². The molecule has 3 amide bonds. The van der Waals surface area contributed by atoms with Gasteiger partial charge in [0.05, 0.1) is 12.6 Å². The molecule has 0 aromatic heterocycles. The van der Waals surface area contributed by atoms with Gasteiger partial charge in [0.2, 0.25) is 0 Å². The van der Waals surface area contributed by atoms with Gasteiger partial charge in [0.25, 0.3) is 5.91 Å². The van der Waals surface area contributed by atoms with Crippen LogP contribution in [0.4, 0.5) is 4.79 Å². The molecule has 4 saturated heterocycles. The van der Waals surface area contributed by atoms with E-state index in [1.807, 2.05) is 0 Å². The van der Waals surface area contributed by atoms with Gasteiger partial charge in [-0.25, -0.2) is 14.5 Å². The van der Waals surface area contributed by atoms with Gasteiger partial charge in [-0.15, -0.1) is 0 Å². The topological polar surface area (TPSA) is 127 Å². The molecule has 11 nitrogen and oxygen atoms in total. The number of rotatable bonds is 8. The third kappa shape index (κ3) is 5.11. The van der Waals surface area contributed by atoms with Crippen molar-refractivity contribution >= 4 is 23.3 Å². The number of hydrogen-bond donors (Lipinski definition) is 2. The molecular weight excluding hydrogens is 414 g/mol. The second-order valence-corrected chi connectivity index (χ2v) is 9.19. The van der Waals surface area contributed by atoms with Crippen LogP contribution in [0.15, 0.2) is 0 Å². The average molecular weight is 445 g/mol. The molecule has 0 spiro atoms. The zero-order valence-electron chi connectivity index (χ0n) is 17.0. The van der Waals surface area contributed by atoms with Crippen molar-refractivity contribution in [3.05, 3.63) is 0 Å². The van der Waals surface area contributed by atoms with Crippen LogP contribution in [0.1, 0.15) is 38.5 Å². The second-order valence-electron chi connectivity index (χ2n) is 8.63. The van der Waals surface area contributed by atoms with Crippen LogP contribution in [0.3, 0.4) is 0 Å². The van der Waals surface area contributed by atoms with E-state index in [-0.39, 0.29) is 18.6 Å². The Hall–Kier alpha value is -1.31. The van der Waals surface area contributed by atoms with Crippen molar-refractivity contribution in [3.8, 4) is 0 Å². The van der Waals surface area contributed by atoms with Gasteiger partial charge in [-0.05, 0) is 57.7 Å². The third-order valence-electron chi connectivity index (χ3n) is 6.50. The summed E-state index contributed by atoms with van der Waals surface area (Å²) in [6.07, 6.45) is 5.85. The van der Waals surface area contributed by atoms with E-state index < -0.39 is 29.3 Å². The molecule has 4 aliphatic heterocycles. The summed E-state index contributed by atoms with van der Waals surface area (Å²) in [5.74, 6) is 0.206. The van der Waals surface area contributed by atoms with Crippen molar-refractivity contribution in [1.82, 2.24) is 25.7 Å². The highest BCUT2D eigenvalue weighted by Gasteiger charge is 2.48. The molecule has 2 N–H and O–H groups in total. The first-order chi connectivity index (χ1) is 14.5. The van der Waals surface area contributed by atoms with Crippen molar-refractivity contribution in [2.24, 2.45) is 5.92 Å². The fourth-order valence-corrected chi connectivity index (χ4v) is 5.34. The maximum Gasteiger partial charge on any atom is 0.346 e. The van der Waals surface area contributed by atoms with Crippen LogP contribution >= 0.6 is 0 Å². The molecule has 4 fully saturated rings. The minimum absolute atomic E-state index is 0.195. The number of fused-ring (bicyclic) bond motifs is 2. The summed E-state index contributed by atoms with van der Waals surface area (Å²) < 4.78 is 26.1. The standard InChI is InChI=1S/C18H31N5O6S/c24-17(16-5-4-15-11-22(16)18(25)23(15)29-30(26)27)20-28-12-14-8-13(9-19-14)10-21-6-2-1-3-7-21/h13-16,19H,1-12H2,(H,20,24)(H,26,27)/p-1/t13-,14-,15?,16?/m1/s1. The Labute approximate surface area is 178 Å². The second kappa shape index (κ2) is 9.88. The molecular formula is C18H30N5O6S-. The van der Waals surface area contributed by atoms with Crippen LogP contribution in [0.5, 0.6) is 0 Å². The molecule has 170 valence electrons. The number of amides is 3. The summed E-state index contributed by atoms with van der Waals surface area (Å²) in [6.45, 7) is 5.09. The molecule has 0 aromatic carbocycles. The number of carbonyl (C=O) groups excluding carboxylic acids is 2. The summed E-state index contributed by atoms with van der Waals surface area (Å²) in [4.78, 5) is 34.2. The van der Waals surface area contributed by atoms with Crippen molar-refractivity contribution in [1.29, 1.82) is 0 Å². The number of nitrogens with zero attached hydrogens (tertiary/aromatic N) is 3. The zero-order valence-corrected chi connectivity index (χ0v) is 17.8. The van der Waals surface area contributed by atoms with E-state index in [1.54, 1.807) is 0 Å². The molecule has 30 heavy (non-hydrogen) atoms. The van der Waals surface area contributed by atoms with Crippen molar-refractivity contribution in [2.45, 2.75) is 56.7 Å². The summed E-state index contributed by atoms with van der Waals surface area (Å²) in [7, 11) is 0. The smallest absolute Gasteiger partial charge is 0.346 e. The molecule has 4 rings (SSSR count). The Morgan fingerprint density at radius 1 is 1.27 bits per heavy atom. The number of nitrogens with one attached hydrogen (secondary N) is 2. The fourth-order valence-electron chi connectivity index (χ4n) is 5.03. The molecule has 4 heterocycles. The third-order valence-corrected chi connectivity index (χ3v) is 6.78. The molecule has 3 unspecified atom stereocenters. The van der Waals surface area contributed by atoms with E-state index >= 15 is 0 Å². The molecule has 0 saturated carbocycles. The Kier molecular flexibility index (Phi) is 7.21. The molecule has 0 aromatic rings. The van der Waals surface area contributed by atoms with Crippen LogP contribution in [-0.4, -0.2) is 93.0 Å². The van der Waals surface area contributed by atoms with Crippen LogP contribution in [-0.2, 0) is 25.3 Å². The largest absolute Gasteiger partial charge is 0.748 e. The van der Waals surface area contributed by atoms with E-state index in [9.17, 15) is 18.4 Å². The van der Waals surface area contributed by atoms with E-state index in [0.29, 0.717) is 25.4 Å². The Morgan fingerprint density at radius 3 is 2.83 bits per heavy atom. The first-order valence-corrected chi connectivity index (χ1v) is 11.8. The van der Waals surface area contributed by atoms with Gasteiger partial charge in [0, 0.05) is 19.1 Å². The highest BCUT2D eigenvalue weighted by molar-refractivity contribution is 7.74. The van der Waals surface area contributed by atoms with E-state index in [4.69, 9.17) is 4.84 Å². The van der Waals surface area contributed by atoms with Gasteiger partial charge in [-0.1, -0.05) is 6.42 Å². The normalized spacial score (nSPS) is 33.2. The van der Waals surface area contributed by atoms with Crippen LogP contribution < -0.4 is 10.8 Å². The molecule has 12 heteroatoms. The lowest BCUT2D eigenvalue weighted by Crippen LogP contribution is -2.50. The van der Waals surface area contributed by atoms with E-state index in [2.05, 4.69) is 20.0 Å². The highest BCUT2D eigenvalue weighted by atomic mass is 32.2. The van der Waals surface area contributed by atoms with Crippen LogP contribution in [0, 0.1) is 5.92 Å². The lowest BCUT2D eigenvalue weighted by Gasteiger charge is -2.29. The predicted octanol–water partition coefficient (Wildman–Crippen LogP) is -0.507. The lowest BCUT2D eigenvalue weighted by molar-refractivity contribution is -0.139. The summed E-state index contributed by atoms with van der Waals surface area (Å²) in [5, 5.41) is 4.29. The number of urea groups is 1. The van der Waals surface area contributed by atoms with Gasteiger partial charge in [-0.2, -0.15) is 9.35 Å². The Balaban J connectivity index is 1.17. The van der Waals surface area contributed by atoms with Gasteiger partial charge >= 0.3 is 6.03 Å². The summed E-state index contributed by atoms with van der Waals surface area (Å²) in [6, 6.07) is -1.47. The molecule has 5 atom stereocenters. The number of carbonyl (C=O) groups is 2. The fraction of sp³-hybridized carbons (Fsp3) is 0.889. The first-order valence-electron chi connectivity index (χ1n) is 10.8. The zero-order chi connectivity index (χ0) is 21.1. The SMILES string of the molecule is O=C(NOC[C@H]1C[C@@H](CN2CCCCC2)CN1)C1CCC2CN1C(=O)N2OS(=O)[O-]. The van der Waals surface area contributed by atoms with Gasteiger partial charge in [-0.3, -0.25) is 9.63 Å². The van der Waals surface area contributed by atoms with E-state index in [0.717, 1.165) is 24.6 Å². The average Bonchev–Trinajstić information content (AvgIpc) is 3.27. The van der Waals surface area contributed by atoms with Crippen LogP contribution in [0.2, 0.25) is 0 Å². The van der Waals surface area contributed by atoms with Gasteiger partial charge in [0.1, 0.15) is 17.4 Å². The quantitative estimate of drug-likeness (QED) is 0.379. The molecule has 2 bridgehead atoms. The number of likely N-dealkylation sites (tertiary alicyclic amines) is 1. The minimum Gasteiger partial charge on any atom is -0.748 e. The number of hydroxylamine groups is 3. The maximum atomic E-state index is 12.5. The monoisotopic (exact) mass is 444 g/mol. The molecule has 0 radical (unpaired) electrons. The first kappa shape index (κ1) is 21.9. The van der Waals surface area contributed by atoms with Crippen molar-refractivity contribution < 1.29 is 27.5 Å². The number of hydrogen-bond acceptors (Lipinski definition) is 8. The highest BCUT2D eigenvalue weighted by Crippen LogP contribution is 2.30. The molecule has 4 aliphatic rings. The predicted molar refractivity (Wildman–Crippen MR) is 105 cm³/mol. The minimum atomic E-state index is -2.83. The van der Waals surface area contributed by atoms with Crippen molar-refractivity contribution in [3.63, 3.8) is 0 Å². The Bertz CT molecular complexity index is 663. The molecule has 0 aliphatic carbocycles. The van der Waals surface area contributed by atoms with E-state index in [1.165, 1.54) is 37.3 Å².